The maximum atomic E-state index is 10.6. The van der Waals surface area contributed by atoms with Gasteiger partial charge in [-0.15, -0.1) is 0 Å². The molecular weight excluding hydrogens is 138 g/mol. The van der Waals surface area contributed by atoms with Crippen LogP contribution >= 0.6 is 0 Å². The summed E-state index contributed by atoms with van der Waals surface area (Å²) in [5.74, 6) is 0.121. The van der Waals surface area contributed by atoms with E-state index in [1.165, 1.54) is 7.05 Å². The van der Waals surface area contributed by atoms with Gasteiger partial charge in [0.25, 0.3) is 0 Å². The van der Waals surface area contributed by atoms with Crippen molar-refractivity contribution in [2.45, 2.75) is 6.92 Å². The predicted molar refractivity (Wildman–Crippen MR) is 46.6 cm³/mol. The van der Waals surface area contributed by atoms with Crippen LogP contribution in [-0.4, -0.2) is 12.8 Å². The zero-order valence-electron chi connectivity index (χ0n) is 6.87. The molecule has 0 fully saturated rings. The van der Waals surface area contributed by atoms with Gasteiger partial charge in [0.05, 0.1) is 0 Å². The molecule has 0 bridgehead atoms. The fourth-order valence-corrected chi connectivity index (χ4v) is 0.673. The molecule has 1 rings (SSSR count). The lowest BCUT2D eigenvalue weighted by Gasteiger charge is -1.89. The van der Waals surface area contributed by atoms with E-state index in [2.05, 4.69) is 5.73 Å². The number of carbonyl (C=O) groups excluding carboxylic acids is 1. The molecule has 0 atom stereocenters. The van der Waals surface area contributed by atoms with Crippen LogP contribution in [-0.2, 0) is 0 Å². The average Bonchev–Trinajstić information content (AvgIpc) is 2.10. The molecule has 0 aromatic heterocycles. The van der Waals surface area contributed by atoms with Crippen molar-refractivity contribution in [3.8, 4) is 0 Å². The molecule has 2 nitrogen and oxygen atoms in total. The first-order valence-corrected chi connectivity index (χ1v) is 3.44. The molecule has 2 N–H and O–H groups in total. The third kappa shape index (κ3) is 3.53. The van der Waals surface area contributed by atoms with Crippen LogP contribution in [0.1, 0.15) is 17.3 Å². The van der Waals surface area contributed by atoms with E-state index in [0.717, 1.165) is 5.56 Å². The van der Waals surface area contributed by atoms with Crippen molar-refractivity contribution < 1.29 is 4.79 Å². The Morgan fingerprint density at radius 1 is 1.18 bits per heavy atom. The highest BCUT2D eigenvalue weighted by Gasteiger charge is 1.92. The molecule has 1 aromatic rings. The van der Waals surface area contributed by atoms with Gasteiger partial charge < -0.3 is 5.73 Å². The molecule has 60 valence electrons. The van der Waals surface area contributed by atoms with Crippen LogP contribution in [0.4, 0.5) is 0 Å². The number of nitrogens with two attached hydrogens (primary N) is 1. The zero-order valence-corrected chi connectivity index (χ0v) is 6.87. The summed E-state index contributed by atoms with van der Waals surface area (Å²) in [4.78, 5) is 10.6. The van der Waals surface area contributed by atoms with E-state index in [4.69, 9.17) is 0 Å². The van der Waals surface area contributed by atoms with Crippen molar-refractivity contribution in [2.24, 2.45) is 5.73 Å². The fraction of sp³-hybridized carbons (Fsp3) is 0.222. The van der Waals surface area contributed by atoms with E-state index in [1.54, 1.807) is 6.92 Å². The zero-order chi connectivity index (χ0) is 8.69. The van der Waals surface area contributed by atoms with E-state index < -0.39 is 0 Å². The second-order valence-corrected chi connectivity index (χ2v) is 1.92. The summed E-state index contributed by atoms with van der Waals surface area (Å²) in [6.07, 6.45) is 0. The highest BCUT2D eigenvalue weighted by Crippen LogP contribution is 1.97. The highest BCUT2D eigenvalue weighted by atomic mass is 16.1. The second kappa shape index (κ2) is 5.62. The number of Topliss-reactive ketones (excluding diaryl/α,β-unsaturated/α-hetero) is 1. The van der Waals surface area contributed by atoms with Crippen molar-refractivity contribution in [3.05, 3.63) is 35.9 Å². The Kier molecular flexibility index (Phi) is 5.03. The number of hydrogen-bond acceptors (Lipinski definition) is 2. The number of hydrogen-bond donors (Lipinski definition) is 1. The molecule has 0 radical (unpaired) electrons. The summed E-state index contributed by atoms with van der Waals surface area (Å²) in [5.41, 5.74) is 5.28. The largest absolute Gasteiger partial charge is 0.333 e. The second-order valence-electron chi connectivity index (χ2n) is 1.92. The van der Waals surface area contributed by atoms with Crippen LogP contribution in [0.3, 0.4) is 0 Å². The van der Waals surface area contributed by atoms with Gasteiger partial charge in [0.1, 0.15) is 0 Å². The number of benzene rings is 1. The molecule has 0 amide bonds. The first kappa shape index (κ1) is 9.85. The lowest BCUT2D eigenvalue weighted by Crippen LogP contribution is -1.88. The Morgan fingerprint density at radius 3 is 1.91 bits per heavy atom. The van der Waals surface area contributed by atoms with Gasteiger partial charge in [-0.2, -0.15) is 0 Å². The Balaban J connectivity index is 0.000000461. The van der Waals surface area contributed by atoms with Gasteiger partial charge in [-0.3, -0.25) is 4.79 Å². The van der Waals surface area contributed by atoms with Crippen molar-refractivity contribution in [3.63, 3.8) is 0 Å². The molecule has 0 spiro atoms. The van der Waals surface area contributed by atoms with Crippen molar-refractivity contribution in [1.82, 2.24) is 0 Å². The lowest BCUT2D eigenvalue weighted by atomic mass is 10.2. The van der Waals surface area contributed by atoms with Crippen LogP contribution in [0, 0.1) is 0 Å². The molecule has 0 heterocycles. The molecule has 11 heavy (non-hydrogen) atoms. The molecule has 0 aliphatic rings. The van der Waals surface area contributed by atoms with Crippen molar-refractivity contribution in [1.29, 1.82) is 0 Å². The fourth-order valence-electron chi connectivity index (χ4n) is 0.673. The molecule has 0 saturated heterocycles. The lowest BCUT2D eigenvalue weighted by molar-refractivity contribution is 0.101. The summed E-state index contributed by atoms with van der Waals surface area (Å²) in [5, 5.41) is 0. The van der Waals surface area contributed by atoms with Gasteiger partial charge in [-0.25, -0.2) is 0 Å². The van der Waals surface area contributed by atoms with E-state index >= 15 is 0 Å². The Bertz CT molecular complexity index is 206. The maximum Gasteiger partial charge on any atom is 0.159 e. The van der Waals surface area contributed by atoms with Gasteiger partial charge >= 0.3 is 0 Å². The summed E-state index contributed by atoms with van der Waals surface area (Å²) in [6.45, 7) is 1.56. The number of carbonyl (C=O) groups is 1. The topological polar surface area (TPSA) is 43.1 Å². The van der Waals surface area contributed by atoms with Crippen LogP contribution < -0.4 is 5.73 Å². The SMILES string of the molecule is CC(=O)c1ccccc1.CN. The number of rotatable bonds is 1. The average molecular weight is 151 g/mol. The van der Waals surface area contributed by atoms with Gasteiger partial charge in [-0.1, -0.05) is 30.3 Å². The first-order valence-electron chi connectivity index (χ1n) is 3.44. The van der Waals surface area contributed by atoms with E-state index in [-0.39, 0.29) is 5.78 Å². The first-order chi connectivity index (χ1) is 5.30. The molecule has 0 aliphatic heterocycles. The van der Waals surface area contributed by atoms with E-state index in [1.807, 2.05) is 30.3 Å². The Morgan fingerprint density at radius 2 is 1.64 bits per heavy atom. The van der Waals surface area contributed by atoms with Gasteiger partial charge in [0.15, 0.2) is 5.78 Å². The van der Waals surface area contributed by atoms with Crippen LogP contribution in [0.15, 0.2) is 30.3 Å². The van der Waals surface area contributed by atoms with E-state index in [0.29, 0.717) is 0 Å². The summed E-state index contributed by atoms with van der Waals surface area (Å²) in [6, 6.07) is 9.23. The summed E-state index contributed by atoms with van der Waals surface area (Å²) >= 11 is 0. The van der Waals surface area contributed by atoms with Crippen LogP contribution in [0.25, 0.3) is 0 Å². The minimum absolute atomic E-state index is 0.121. The van der Waals surface area contributed by atoms with Crippen LogP contribution in [0.2, 0.25) is 0 Å². The highest BCUT2D eigenvalue weighted by molar-refractivity contribution is 5.93. The number of ketones is 1. The summed E-state index contributed by atoms with van der Waals surface area (Å²) in [7, 11) is 1.50. The molecule has 1 aromatic carbocycles. The minimum Gasteiger partial charge on any atom is -0.333 e. The standard InChI is InChI=1S/C8H8O.CH5N/c1-7(9)8-5-3-2-4-6-8;1-2/h2-6H,1H3;2H2,1H3. The molecule has 0 aliphatic carbocycles. The normalized spacial score (nSPS) is 7.91. The van der Waals surface area contributed by atoms with Crippen molar-refractivity contribution in [2.75, 3.05) is 7.05 Å². The third-order valence-electron chi connectivity index (χ3n) is 1.18. The maximum absolute atomic E-state index is 10.6. The Labute approximate surface area is 67.0 Å². The van der Waals surface area contributed by atoms with Gasteiger partial charge in [-0.05, 0) is 14.0 Å². The monoisotopic (exact) mass is 151 g/mol. The minimum atomic E-state index is 0.121. The molecule has 0 saturated carbocycles. The van der Waals surface area contributed by atoms with Crippen LogP contribution in [0.5, 0.6) is 0 Å². The predicted octanol–water partition coefficient (Wildman–Crippen LogP) is 1.46. The molecular formula is C9H13NO. The van der Waals surface area contributed by atoms with E-state index in [9.17, 15) is 4.79 Å². The molecule has 2 heteroatoms. The quantitative estimate of drug-likeness (QED) is 0.617. The van der Waals surface area contributed by atoms with Gasteiger partial charge in [0, 0.05) is 5.56 Å². The third-order valence-corrected chi connectivity index (χ3v) is 1.18. The smallest absolute Gasteiger partial charge is 0.159 e. The summed E-state index contributed by atoms with van der Waals surface area (Å²) < 4.78 is 0. The molecule has 0 unspecified atom stereocenters. The van der Waals surface area contributed by atoms with Gasteiger partial charge in [0.2, 0.25) is 0 Å². The Hall–Kier alpha value is -1.15. The van der Waals surface area contributed by atoms with Crippen molar-refractivity contribution >= 4 is 5.78 Å².